The van der Waals surface area contributed by atoms with E-state index < -0.39 is 9.05 Å². The lowest BCUT2D eigenvalue weighted by atomic mass is 10.3. The maximum Gasteiger partial charge on any atom is 0.270 e. The molecular weight excluding hydrogens is 298 g/mol. The molecular formula is C10H14ClNO4S2. The van der Waals surface area contributed by atoms with Crippen molar-refractivity contribution < 1.29 is 17.9 Å². The van der Waals surface area contributed by atoms with Crippen LogP contribution < -0.4 is 5.32 Å². The Labute approximate surface area is 115 Å². The van der Waals surface area contributed by atoms with E-state index in [4.69, 9.17) is 15.4 Å². The Morgan fingerprint density at radius 2 is 2.22 bits per heavy atom. The number of carbonyl (C=O) groups excluding carboxylic acids is 1. The van der Waals surface area contributed by atoms with Gasteiger partial charge in [-0.1, -0.05) is 0 Å². The highest BCUT2D eigenvalue weighted by molar-refractivity contribution is 8.15. The van der Waals surface area contributed by atoms with Crippen molar-refractivity contribution in [1.29, 1.82) is 0 Å². The van der Waals surface area contributed by atoms with Crippen LogP contribution in [0.25, 0.3) is 0 Å². The van der Waals surface area contributed by atoms with E-state index in [1.165, 1.54) is 11.4 Å². The molecule has 1 aromatic heterocycles. The van der Waals surface area contributed by atoms with E-state index in [1.807, 2.05) is 13.8 Å². The first kappa shape index (κ1) is 15.4. The van der Waals surface area contributed by atoms with Crippen LogP contribution in [0.3, 0.4) is 0 Å². The molecule has 0 spiro atoms. The number of rotatable bonds is 6. The predicted molar refractivity (Wildman–Crippen MR) is 70.8 cm³/mol. The second kappa shape index (κ2) is 6.51. The van der Waals surface area contributed by atoms with Crippen LogP contribution in [0, 0.1) is 0 Å². The van der Waals surface area contributed by atoms with Crippen LogP contribution in [0.1, 0.15) is 24.2 Å². The van der Waals surface area contributed by atoms with Crippen molar-refractivity contribution in [2.45, 2.75) is 24.2 Å². The summed E-state index contributed by atoms with van der Waals surface area (Å²) in [5.41, 5.74) is 0.281. The number of amides is 1. The molecule has 1 heterocycles. The highest BCUT2D eigenvalue weighted by Gasteiger charge is 2.16. The third kappa shape index (κ3) is 4.93. The molecule has 0 unspecified atom stereocenters. The normalized spacial score (nSPS) is 11.8. The molecule has 0 atom stereocenters. The zero-order valence-electron chi connectivity index (χ0n) is 9.97. The van der Waals surface area contributed by atoms with Gasteiger partial charge >= 0.3 is 0 Å². The quantitative estimate of drug-likeness (QED) is 0.642. The third-order valence-electron chi connectivity index (χ3n) is 1.92. The van der Waals surface area contributed by atoms with Gasteiger partial charge in [0.1, 0.15) is 4.21 Å². The molecule has 1 N–H and O–H groups in total. The molecule has 0 bridgehead atoms. The van der Waals surface area contributed by atoms with Gasteiger partial charge in [-0.15, -0.1) is 11.3 Å². The summed E-state index contributed by atoms with van der Waals surface area (Å²) in [4.78, 5) is 11.6. The number of ether oxygens (including phenoxy) is 1. The maximum absolute atomic E-state index is 11.6. The van der Waals surface area contributed by atoms with E-state index >= 15 is 0 Å². The van der Waals surface area contributed by atoms with Crippen molar-refractivity contribution in [3.8, 4) is 0 Å². The average molecular weight is 312 g/mol. The lowest BCUT2D eigenvalue weighted by Crippen LogP contribution is -2.27. The van der Waals surface area contributed by atoms with Crippen molar-refractivity contribution in [3.05, 3.63) is 17.0 Å². The fourth-order valence-corrected chi connectivity index (χ4v) is 3.07. The van der Waals surface area contributed by atoms with Gasteiger partial charge in [0, 0.05) is 22.6 Å². The Morgan fingerprint density at radius 3 is 2.72 bits per heavy atom. The van der Waals surface area contributed by atoms with E-state index in [-0.39, 0.29) is 21.8 Å². The monoisotopic (exact) mass is 311 g/mol. The van der Waals surface area contributed by atoms with E-state index in [9.17, 15) is 13.2 Å². The number of thiophene rings is 1. The molecule has 102 valence electrons. The molecule has 18 heavy (non-hydrogen) atoms. The highest BCUT2D eigenvalue weighted by Crippen LogP contribution is 2.23. The number of hydrogen-bond donors (Lipinski definition) is 1. The van der Waals surface area contributed by atoms with Crippen molar-refractivity contribution in [2.24, 2.45) is 0 Å². The van der Waals surface area contributed by atoms with Gasteiger partial charge in [0.05, 0.1) is 18.3 Å². The van der Waals surface area contributed by atoms with Crippen molar-refractivity contribution >= 4 is 37.0 Å². The van der Waals surface area contributed by atoms with E-state index in [0.717, 1.165) is 11.3 Å². The molecule has 1 aromatic rings. The van der Waals surface area contributed by atoms with Gasteiger partial charge in [-0.05, 0) is 19.9 Å². The minimum Gasteiger partial charge on any atom is -0.377 e. The first-order valence-electron chi connectivity index (χ1n) is 5.23. The summed E-state index contributed by atoms with van der Waals surface area (Å²) in [6.45, 7) is 4.58. The summed E-state index contributed by atoms with van der Waals surface area (Å²) in [5.74, 6) is -0.342. The zero-order valence-corrected chi connectivity index (χ0v) is 12.4. The van der Waals surface area contributed by atoms with Gasteiger partial charge in [0.25, 0.3) is 15.0 Å². The minimum absolute atomic E-state index is 0.0345. The molecule has 0 saturated heterocycles. The molecule has 0 radical (unpaired) electrons. The summed E-state index contributed by atoms with van der Waals surface area (Å²) >= 11 is 0.917. The molecule has 8 heteroatoms. The first-order chi connectivity index (χ1) is 8.30. The van der Waals surface area contributed by atoms with Gasteiger partial charge < -0.3 is 10.1 Å². The van der Waals surface area contributed by atoms with Crippen molar-refractivity contribution in [2.75, 3.05) is 13.2 Å². The Balaban J connectivity index is 2.50. The fourth-order valence-electron chi connectivity index (χ4n) is 1.12. The standard InChI is InChI=1S/C10H14ClNO4S2/c1-7(2)16-4-3-12-10(13)8-5-9(17-6-8)18(11,14)15/h5-7H,3-4H2,1-2H3,(H,12,13). The van der Waals surface area contributed by atoms with Gasteiger partial charge in [-0.25, -0.2) is 8.42 Å². The zero-order chi connectivity index (χ0) is 13.8. The number of carbonyl (C=O) groups is 1. The number of hydrogen-bond acceptors (Lipinski definition) is 5. The largest absolute Gasteiger partial charge is 0.377 e. The van der Waals surface area contributed by atoms with Gasteiger partial charge in [-0.3, -0.25) is 4.79 Å². The van der Waals surface area contributed by atoms with Crippen molar-refractivity contribution in [3.63, 3.8) is 0 Å². The second-order valence-corrected chi connectivity index (χ2v) is 7.47. The van der Waals surface area contributed by atoms with E-state index in [1.54, 1.807) is 0 Å². The first-order valence-corrected chi connectivity index (χ1v) is 8.42. The summed E-state index contributed by atoms with van der Waals surface area (Å²) in [7, 11) is 1.40. The lowest BCUT2D eigenvalue weighted by molar-refractivity contribution is 0.0747. The van der Waals surface area contributed by atoms with E-state index in [2.05, 4.69) is 5.32 Å². The lowest BCUT2D eigenvalue weighted by Gasteiger charge is -2.07. The van der Waals surface area contributed by atoms with Crippen LogP contribution in [-0.2, 0) is 13.8 Å². The molecule has 0 aliphatic heterocycles. The van der Waals surface area contributed by atoms with Crippen LogP contribution in [0.2, 0.25) is 0 Å². The van der Waals surface area contributed by atoms with Crippen molar-refractivity contribution in [1.82, 2.24) is 5.32 Å². The van der Waals surface area contributed by atoms with Gasteiger partial charge in [-0.2, -0.15) is 0 Å². The molecule has 0 aliphatic rings. The number of halogens is 1. The molecule has 1 rings (SSSR count). The van der Waals surface area contributed by atoms with Crippen LogP contribution >= 0.6 is 22.0 Å². The van der Waals surface area contributed by atoms with Crippen LogP contribution in [-0.4, -0.2) is 33.6 Å². The smallest absolute Gasteiger partial charge is 0.270 e. The minimum atomic E-state index is -3.77. The van der Waals surface area contributed by atoms with Crippen LogP contribution in [0.15, 0.2) is 15.7 Å². The summed E-state index contributed by atoms with van der Waals surface area (Å²) in [6, 6.07) is 1.26. The summed E-state index contributed by atoms with van der Waals surface area (Å²) in [6.07, 6.45) is 0.107. The summed E-state index contributed by atoms with van der Waals surface area (Å²) in [5, 5.41) is 4.08. The Morgan fingerprint density at radius 1 is 1.56 bits per heavy atom. The van der Waals surface area contributed by atoms with Crippen LogP contribution in [0.4, 0.5) is 0 Å². The third-order valence-corrected chi connectivity index (χ3v) is 4.96. The molecule has 0 fully saturated rings. The SMILES string of the molecule is CC(C)OCCNC(=O)c1csc(S(=O)(=O)Cl)c1. The molecule has 0 aromatic carbocycles. The summed E-state index contributed by atoms with van der Waals surface area (Å²) < 4.78 is 27.3. The Bertz CT molecular complexity index is 510. The van der Waals surface area contributed by atoms with Gasteiger partial charge in [0.15, 0.2) is 0 Å². The molecule has 5 nitrogen and oxygen atoms in total. The Hall–Kier alpha value is -0.630. The topological polar surface area (TPSA) is 72.5 Å². The number of nitrogens with one attached hydrogen (secondary N) is 1. The fraction of sp³-hybridized carbons (Fsp3) is 0.500. The highest BCUT2D eigenvalue weighted by atomic mass is 35.7. The Kier molecular flexibility index (Phi) is 5.58. The molecule has 0 aliphatic carbocycles. The van der Waals surface area contributed by atoms with E-state index in [0.29, 0.717) is 13.2 Å². The average Bonchev–Trinajstić information content (AvgIpc) is 2.72. The molecule has 0 saturated carbocycles. The van der Waals surface area contributed by atoms with Crippen LogP contribution in [0.5, 0.6) is 0 Å². The maximum atomic E-state index is 11.6. The predicted octanol–water partition coefficient (Wildman–Crippen LogP) is 1.83. The second-order valence-electron chi connectivity index (χ2n) is 3.77. The molecule has 1 amide bonds. The van der Waals surface area contributed by atoms with Gasteiger partial charge in [0.2, 0.25) is 0 Å².